The molecule has 4 N–H and O–H groups in total. The summed E-state index contributed by atoms with van der Waals surface area (Å²) >= 11 is 1.42. The molecule has 48 heavy (non-hydrogen) atoms. The van der Waals surface area contributed by atoms with Gasteiger partial charge in [-0.15, -0.1) is 11.8 Å². The van der Waals surface area contributed by atoms with E-state index >= 15 is 0 Å². The quantitative estimate of drug-likeness (QED) is 0.0578. The molecule has 0 aliphatic rings. The van der Waals surface area contributed by atoms with Gasteiger partial charge in [0, 0.05) is 30.0 Å². The van der Waals surface area contributed by atoms with Gasteiger partial charge in [0.15, 0.2) is 0 Å². The molecule has 11 nitrogen and oxygen atoms in total. The standard InChI is InChI=1S/C36H51N3O8S/c1-4-5-6-7-8-9-10-11-22-37-35(44)30(25-34(42)43)39-32(40)13-12-23-47-28-18-14-26(15-19-28)16-21-33(41)38-27-17-20-31(48-3)29(24-27)36(45)46-2/h14-15,17-20,24,30H,4-13,16,21-23,25H2,1-3H3,(H,37,44)(H,38,41)(H,39,40)(H,42,43)/t30-/m0/s1. The van der Waals surface area contributed by atoms with Crippen LogP contribution in [0.5, 0.6) is 5.75 Å². The number of aliphatic carboxylic acids is 1. The maximum absolute atomic E-state index is 12.5. The van der Waals surface area contributed by atoms with E-state index in [2.05, 4.69) is 22.9 Å². The normalized spacial score (nSPS) is 11.3. The summed E-state index contributed by atoms with van der Waals surface area (Å²) in [7, 11) is 1.32. The fraction of sp³-hybridized carbons (Fsp3) is 0.528. The van der Waals surface area contributed by atoms with E-state index in [0.717, 1.165) is 29.7 Å². The summed E-state index contributed by atoms with van der Waals surface area (Å²) in [6, 6.07) is 11.3. The van der Waals surface area contributed by atoms with E-state index < -0.39 is 36.2 Å². The van der Waals surface area contributed by atoms with Crippen LogP contribution in [-0.2, 0) is 30.3 Å². The van der Waals surface area contributed by atoms with Crippen LogP contribution in [0, 0.1) is 0 Å². The summed E-state index contributed by atoms with van der Waals surface area (Å²) in [5, 5.41) is 17.3. The van der Waals surface area contributed by atoms with Crippen LogP contribution in [0.3, 0.4) is 0 Å². The van der Waals surface area contributed by atoms with Crippen LogP contribution in [-0.4, -0.2) is 67.3 Å². The minimum atomic E-state index is -1.16. The highest BCUT2D eigenvalue weighted by Gasteiger charge is 2.23. The first-order chi connectivity index (χ1) is 23.2. The summed E-state index contributed by atoms with van der Waals surface area (Å²) in [5.41, 5.74) is 1.86. The highest BCUT2D eigenvalue weighted by molar-refractivity contribution is 7.98. The number of rotatable bonds is 24. The number of ether oxygens (including phenoxy) is 2. The van der Waals surface area contributed by atoms with Crippen LogP contribution < -0.4 is 20.7 Å². The first-order valence-corrected chi connectivity index (χ1v) is 18.0. The van der Waals surface area contributed by atoms with Crippen molar-refractivity contribution in [2.24, 2.45) is 0 Å². The smallest absolute Gasteiger partial charge is 0.339 e. The second kappa shape index (κ2) is 23.3. The van der Waals surface area contributed by atoms with E-state index in [0.29, 0.717) is 36.4 Å². The molecule has 2 rings (SSSR count). The molecule has 12 heteroatoms. The van der Waals surface area contributed by atoms with E-state index in [4.69, 9.17) is 9.47 Å². The van der Waals surface area contributed by atoms with E-state index in [1.54, 1.807) is 30.3 Å². The van der Waals surface area contributed by atoms with Gasteiger partial charge in [-0.1, -0.05) is 64.0 Å². The number of methoxy groups -OCH3 is 1. The lowest BCUT2D eigenvalue weighted by Crippen LogP contribution is -2.48. The average Bonchev–Trinajstić information content (AvgIpc) is 3.08. The van der Waals surface area contributed by atoms with Crippen molar-refractivity contribution in [3.8, 4) is 5.75 Å². The number of carbonyl (C=O) groups is 5. The number of hydrogen-bond acceptors (Lipinski definition) is 8. The molecule has 0 aromatic heterocycles. The summed E-state index contributed by atoms with van der Waals surface area (Å²) in [6.07, 6.45) is 11.6. The number of esters is 1. The first-order valence-electron chi connectivity index (χ1n) is 16.7. The zero-order valence-electron chi connectivity index (χ0n) is 28.4. The van der Waals surface area contributed by atoms with Crippen LogP contribution in [0.4, 0.5) is 5.69 Å². The molecule has 0 radical (unpaired) electrons. The van der Waals surface area contributed by atoms with Gasteiger partial charge in [-0.2, -0.15) is 0 Å². The number of unbranched alkanes of at least 4 members (excludes halogenated alkanes) is 7. The Hall–Kier alpha value is -4.06. The minimum absolute atomic E-state index is 0.0791. The molecule has 0 saturated carbocycles. The number of carboxylic acid groups (broad SMARTS) is 1. The second-order valence-corrected chi connectivity index (χ2v) is 12.4. The number of benzene rings is 2. The van der Waals surface area contributed by atoms with Gasteiger partial charge in [0.25, 0.3) is 0 Å². The molecule has 0 aliphatic heterocycles. The number of nitrogens with one attached hydrogen (secondary N) is 3. The number of thioether (sulfide) groups is 1. The molecular weight excluding hydrogens is 634 g/mol. The summed E-state index contributed by atoms with van der Waals surface area (Å²) in [6.45, 7) is 2.89. The van der Waals surface area contributed by atoms with Crippen molar-refractivity contribution in [2.75, 3.05) is 31.8 Å². The van der Waals surface area contributed by atoms with Gasteiger partial charge < -0.3 is 30.5 Å². The molecular formula is C36H51N3O8S. The predicted molar refractivity (Wildman–Crippen MR) is 187 cm³/mol. The zero-order chi connectivity index (χ0) is 35.1. The Morgan fingerprint density at radius 2 is 1.54 bits per heavy atom. The van der Waals surface area contributed by atoms with Crippen LogP contribution in [0.2, 0.25) is 0 Å². The summed E-state index contributed by atoms with van der Waals surface area (Å²) < 4.78 is 10.6. The van der Waals surface area contributed by atoms with Crippen LogP contribution >= 0.6 is 11.8 Å². The molecule has 1 atom stereocenters. The van der Waals surface area contributed by atoms with Gasteiger partial charge in [-0.05, 0) is 61.4 Å². The molecule has 0 spiro atoms. The highest BCUT2D eigenvalue weighted by Crippen LogP contribution is 2.25. The molecule has 0 heterocycles. The molecule has 3 amide bonds. The Morgan fingerprint density at radius 1 is 0.854 bits per heavy atom. The number of aryl methyl sites for hydroxylation is 1. The Kier molecular flexibility index (Phi) is 19.5. The van der Waals surface area contributed by atoms with Crippen molar-refractivity contribution in [2.45, 2.75) is 101 Å². The molecule has 0 aliphatic carbocycles. The van der Waals surface area contributed by atoms with Gasteiger partial charge in [-0.25, -0.2) is 4.79 Å². The largest absolute Gasteiger partial charge is 0.494 e. The number of carbonyl (C=O) groups excluding carboxylic acids is 4. The predicted octanol–water partition coefficient (Wildman–Crippen LogP) is 6.14. The Bertz CT molecular complexity index is 1320. The van der Waals surface area contributed by atoms with Crippen molar-refractivity contribution in [1.29, 1.82) is 0 Å². The van der Waals surface area contributed by atoms with Gasteiger partial charge in [0.2, 0.25) is 17.7 Å². The highest BCUT2D eigenvalue weighted by atomic mass is 32.2. The van der Waals surface area contributed by atoms with Crippen LogP contribution in [0.1, 0.15) is 99.9 Å². The topological polar surface area (TPSA) is 160 Å². The SMILES string of the molecule is CCCCCCCCCCNC(=O)[C@H](CC(=O)O)NC(=O)CCCOc1ccc(CCC(=O)Nc2ccc(SC)c(C(=O)OC)c2)cc1. The van der Waals surface area contributed by atoms with E-state index in [1.165, 1.54) is 51.0 Å². The van der Waals surface area contributed by atoms with Crippen molar-refractivity contribution in [3.05, 3.63) is 53.6 Å². The van der Waals surface area contributed by atoms with Crippen LogP contribution in [0.25, 0.3) is 0 Å². The Labute approximate surface area is 288 Å². The Balaban J connectivity index is 1.68. The molecule has 0 saturated heterocycles. The number of amides is 3. The third kappa shape index (κ3) is 16.2. The number of carboxylic acids is 1. The van der Waals surface area contributed by atoms with E-state index in [1.807, 2.05) is 18.4 Å². The van der Waals surface area contributed by atoms with Gasteiger partial charge in [-0.3, -0.25) is 19.2 Å². The first kappa shape index (κ1) is 40.1. The molecule has 2 aromatic carbocycles. The van der Waals surface area contributed by atoms with E-state index in [9.17, 15) is 29.1 Å². The zero-order valence-corrected chi connectivity index (χ0v) is 29.3. The fourth-order valence-corrected chi connectivity index (χ4v) is 5.52. The van der Waals surface area contributed by atoms with Crippen molar-refractivity contribution in [1.82, 2.24) is 10.6 Å². The molecule has 264 valence electrons. The number of anilines is 1. The second-order valence-electron chi connectivity index (χ2n) is 11.5. The average molecular weight is 686 g/mol. The minimum Gasteiger partial charge on any atom is -0.494 e. The third-order valence-corrected chi connectivity index (χ3v) is 8.43. The number of hydrogen-bond donors (Lipinski definition) is 4. The fourth-order valence-electron chi connectivity index (χ4n) is 4.96. The molecule has 0 fully saturated rings. The molecule has 0 bridgehead atoms. The Morgan fingerprint density at radius 3 is 2.19 bits per heavy atom. The lowest BCUT2D eigenvalue weighted by atomic mass is 10.1. The van der Waals surface area contributed by atoms with Crippen molar-refractivity contribution < 1.29 is 38.6 Å². The maximum Gasteiger partial charge on any atom is 0.339 e. The van der Waals surface area contributed by atoms with Crippen LogP contribution in [0.15, 0.2) is 47.4 Å². The summed E-state index contributed by atoms with van der Waals surface area (Å²) in [4.78, 5) is 61.6. The monoisotopic (exact) mass is 685 g/mol. The summed E-state index contributed by atoms with van der Waals surface area (Å²) in [5.74, 6) is -2.10. The van der Waals surface area contributed by atoms with Crippen molar-refractivity contribution in [3.63, 3.8) is 0 Å². The maximum atomic E-state index is 12.5. The molecule has 2 aromatic rings. The lowest BCUT2D eigenvalue weighted by Gasteiger charge is -2.17. The molecule has 0 unspecified atom stereocenters. The lowest BCUT2D eigenvalue weighted by molar-refractivity contribution is -0.140. The van der Waals surface area contributed by atoms with Gasteiger partial charge in [0.05, 0.1) is 25.7 Å². The van der Waals surface area contributed by atoms with Gasteiger partial charge >= 0.3 is 11.9 Å². The third-order valence-electron chi connectivity index (χ3n) is 7.63. The van der Waals surface area contributed by atoms with Gasteiger partial charge in [0.1, 0.15) is 11.8 Å². The van der Waals surface area contributed by atoms with E-state index in [-0.39, 0.29) is 25.4 Å². The van der Waals surface area contributed by atoms with Crippen molar-refractivity contribution >= 4 is 47.1 Å².